The molecule has 0 bridgehead atoms. The molecule has 29 heavy (non-hydrogen) atoms. The van der Waals surface area contributed by atoms with E-state index in [4.69, 9.17) is 0 Å². The lowest BCUT2D eigenvalue weighted by atomic mass is 10.1. The number of carbonyl (C=O) groups excluding carboxylic acids is 3. The molecule has 0 aliphatic heterocycles. The van der Waals surface area contributed by atoms with Gasteiger partial charge in [-0.25, -0.2) is 0 Å². The highest BCUT2D eigenvalue weighted by Gasteiger charge is 2.10. The van der Waals surface area contributed by atoms with Gasteiger partial charge in [0.05, 0.1) is 0 Å². The van der Waals surface area contributed by atoms with Crippen molar-refractivity contribution >= 4 is 50.7 Å². The number of hydrogen-bond donors (Lipinski definition) is 3. The van der Waals surface area contributed by atoms with Gasteiger partial charge in [0.2, 0.25) is 5.91 Å². The van der Waals surface area contributed by atoms with Crippen LogP contribution in [0.3, 0.4) is 0 Å². The highest BCUT2D eigenvalue weighted by molar-refractivity contribution is 9.10. The Labute approximate surface area is 176 Å². The van der Waals surface area contributed by atoms with Crippen LogP contribution in [0.4, 0.5) is 17.1 Å². The normalized spacial score (nSPS) is 10.1. The second-order valence-corrected chi connectivity index (χ2v) is 7.18. The summed E-state index contributed by atoms with van der Waals surface area (Å²) in [5.74, 6) is -0.794. The van der Waals surface area contributed by atoms with Crippen molar-refractivity contribution in [1.29, 1.82) is 0 Å². The highest BCUT2D eigenvalue weighted by Crippen LogP contribution is 2.18. The standard InChI is InChI=1S/C22H18BrN3O3/c1-14(27)24-19-9-4-10-20(13-19)26-22(29)16-6-3-8-18(12-16)25-21(28)15-5-2-7-17(23)11-15/h2-13H,1H3,(H,24,27)(H,25,28)(H,26,29). The van der Waals surface area contributed by atoms with Crippen LogP contribution >= 0.6 is 15.9 Å². The molecule has 0 heterocycles. The van der Waals surface area contributed by atoms with E-state index in [9.17, 15) is 14.4 Å². The molecular weight excluding hydrogens is 434 g/mol. The minimum atomic E-state index is -0.330. The Hall–Kier alpha value is -3.45. The summed E-state index contributed by atoms with van der Waals surface area (Å²) < 4.78 is 0.805. The van der Waals surface area contributed by atoms with E-state index in [-0.39, 0.29) is 17.7 Å². The molecule has 3 aromatic rings. The first-order valence-electron chi connectivity index (χ1n) is 8.77. The fourth-order valence-electron chi connectivity index (χ4n) is 2.65. The van der Waals surface area contributed by atoms with Crippen molar-refractivity contribution in [2.45, 2.75) is 6.92 Å². The summed E-state index contributed by atoms with van der Waals surface area (Å²) in [5, 5.41) is 8.24. The van der Waals surface area contributed by atoms with E-state index in [2.05, 4.69) is 31.9 Å². The summed E-state index contributed by atoms with van der Waals surface area (Å²) in [6.07, 6.45) is 0. The number of amides is 3. The van der Waals surface area contributed by atoms with Gasteiger partial charge in [-0.05, 0) is 54.6 Å². The van der Waals surface area contributed by atoms with Crippen LogP contribution in [0.15, 0.2) is 77.3 Å². The van der Waals surface area contributed by atoms with Crippen LogP contribution in [0.5, 0.6) is 0 Å². The van der Waals surface area contributed by atoms with E-state index in [0.29, 0.717) is 28.2 Å². The van der Waals surface area contributed by atoms with E-state index >= 15 is 0 Å². The van der Waals surface area contributed by atoms with Gasteiger partial charge in [0.15, 0.2) is 0 Å². The Bertz CT molecular complexity index is 1080. The van der Waals surface area contributed by atoms with E-state index in [1.807, 2.05) is 6.07 Å². The predicted molar refractivity (Wildman–Crippen MR) is 117 cm³/mol. The molecule has 0 aromatic heterocycles. The summed E-state index contributed by atoms with van der Waals surface area (Å²) >= 11 is 3.34. The molecule has 6 nitrogen and oxygen atoms in total. The van der Waals surface area contributed by atoms with Crippen molar-refractivity contribution < 1.29 is 14.4 Å². The van der Waals surface area contributed by atoms with Crippen molar-refractivity contribution in [3.63, 3.8) is 0 Å². The largest absolute Gasteiger partial charge is 0.326 e. The molecule has 3 N–H and O–H groups in total. The molecular formula is C22H18BrN3O3. The lowest BCUT2D eigenvalue weighted by Crippen LogP contribution is -2.15. The Morgan fingerprint density at radius 2 is 1.14 bits per heavy atom. The number of benzene rings is 3. The molecule has 0 atom stereocenters. The number of rotatable bonds is 5. The second kappa shape index (κ2) is 9.16. The fraction of sp³-hybridized carbons (Fsp3) is 0.0455. The Balaban J connectivity index is 1.71. The summed E-state index contributed by atoms with van der Waals surface area (Å²) in [6, 6.07) is 20.5. The number of nitrogens with one attached hydrogen (secondary N) is 3. The third-order valence-corrected chi connectivity index (χ3v) is 4.40. The number of anilines is 3. The number of carbonyl (C=O) groups is 3. The van der Waals surface area contributed by atoms with Gasteiger partial charge in [-0.2, -0.15) is 0 Å². The first kappa shape index (κ1) is 20.3. The topological polar surface area (TPSA) is 87.3 Å². The smallest absolute Gasteiger partial charge is 0.255 e. The van der Waals surface area contributed by atoms with Gasteiger partial charge in [0.25, 0.3) is 11.8 Å². The third-order valence-electron chi connectivity index (χ3n) is 3.91. The third kappa shape index (κ3) is 5.76. The number of halogens is 1. The molecule has 0 fully saturated rings. The van der Waals surface area contributed by atoms with Crippen LogP contribution in [0.1, 0.15) is 27.6 Å². The molecule has 7 heteroatoms. The van der Waals surface area contributed by atoms with Gasteiger partial charge in [-0.3, -0.25) is 14.4 Å². The van der Waals surface area contributed by atoms with Crippen LogP contribution in [0.2, 0.25) is 0 Å². The summed E-state index contributed by atoms with van der Waals surface area (Å²) in [6.45, 7) is 1.42. The van der Waals surface area contributed by atoms with Crippen LogP contribution in [0, 0.1) is 0 Å². The minimum absolute atomic E-state index is 0.192. The summed E-state index contributed by atoms with van der Waals surface area (Å²) in [7, 11) is 0. The average Bonchev–Trinajstić information content (AvgIpc) is 2.68. The van der Waals surface area contributed by atoms with E-state index in [0.717, 1.165) is 4.47 Å². The van der Waals surface area contributed by atoms with Crippen LogP contribution in [0.25, 0.3) is 0 Å². The van der Waals surface area contributed by atoms with Crippen molar-refractivity contribution in [2.75, 3.05) is 16.0 Å². The van der Waals surface area contributed by atoms with Crippen LogP contribution < -0.4 is 16.0 Å². The van der Waals surface area contributed by atoms with Gasteiger partial charge in [-0.1, -0.05) is 34.1 Å². The van der Waals surface area contributed by atoms with E-state index < -0.39 is 0 Å². The Morgan fingerprint density at radius 3 is 1.72 bits per heavy atom. The average molecular weight is 452 g/mol. The van der Waals surface area contributed by atoms with E-state index in [1.54, 1.807) is 66.7 Å². The van der Waals surface area contributed by atoms with E-state index in [1.165, 1.54) is 6.92 Å². The van der Waals surface area contributed by atoms with Gasteiger partial charge < -0.3 is 16.0 Å². The predicted octanol–water partition coefficient (Wildman–Crippen LogP) is 4.91. The second-order valence-electron chi connectivity index (χ2n) is 6.26. The lowest BCUT2D eigenvalue weighted by Gasteiger charge is -2.10. The summed E-state index contributed by atoms with van der Waals surface area (Å²) in [5.41, 5.74) is 2.54. The van der Waals surface area contributed by atoms with Gasteiger partial charge >= 0.3 is 0 Å². The van der Waals surface area contributed by atoms with Gasteiger partial charge in [0, 0.05) is 39.6 Å². The van der Waals surface area contributed by atoms with Crippen molar-refractivity contribution in [3.8, 4) is 0 Å². The molecule has 0 unspecified atom stereocenters. The minimum Gasteiger partial charge on any atom is -0.326 e. The maximum Gasteiger partial charge on any atom is 0.255 e. The molecule has 0 radical (unpaired) electrons. The maximum atomic E-state index is 12.6. The fourth-order valence-corrected chi connectivity index (χ4v) is 3.05. The van der Waals surface area contributed by atoms with Gasteiger partial charge in [0.1, 0.15) is 0 Å². The number of hydrogen-bond acceptors (Lipinski definition) is 3. The quantitative estimate of drug-likeness (QED) is 0.514. The molecule has 3 amide bonds. The van der Waals surface area contributed by atoms with Gasteiger partial charge in [-0.15, -0.1) is 0 Å². The van der Waals surface area contributed by atoms with Crippen LogP contribution in [-0.2, 0) is 4.79 Å². The van der Waals surface area contributed by atoms with Crippen LogP contribution in [-0.4, -0.2) is 17.7 Å². The molecule has 0 saturated carbocycles. The molecule has 0 saturated heterocycles. The SMILES string of the molecule is CC(=O)Nc1cccc(NC(=O)c2cccc(NC(=O)c3cccc(Br)c3)c2)c1. The Kier molecular flexibility index (Phi) is 6.41. The monoisotopic (exact) mass is 451 g/mol. The highest BCUT2D eigenvalue weighted by atomic mass is 79.9. The molecule has 3 rings (SSSR count). The van der Waals surface area contributed by atoms with Crippen molar-refractivity contribution in [1.82, 2.24) is 0 Å². The zero-order valence-corrected chi connectivity index (χ0v) is 17.1. The lowest BCUT2D eigenvalue weighted by molar-refractivity contribution is -0.114. The zero-order chi connectivity index (χ0) is 20.8. The first-order valence-corrected chi connectivity index (χ1v) is 9.56. The molecule has 0 spiro atoms. The molecule has 0 aliphatic rings. The maximum absolute atomic E-state index is 12.6. The Morgan fingerprint density at radius 1 is 0.655 bits per heavy atom. The van der Waals surface area contributed by atoms with Crippen molar-refractivity contribution in [2.24, 2.45) is 0 Å². The molecule has 3 aromatic carbocycles. The van der Waals surface area contributed by atoms with Crippen molar-refractivity contribution in [3.05, 3.63) is 88.4 Å². The molecule has 146 valence electrons. The summed E-state index contributed by atoms with van der Waals surface area (Å²) in [4.78, 5) is 36.2. The zero-order valence-electron chi connectivity index (χ0n) is 15.5. The molecule has 0 aliphatic carbocycles. The first-order chi connectivity index (χ1) is 13.9.